The van der Waals surface area contributed by atoms with Crippen molar-refractivity contribution in [2.45, 2.75) is 103 Å². The summed E-state index contributed by atoms with van der Waals surface area (Å²) < 4.78 is 21.6. The van der Waals surface area contributed by atoms with Crippen molar-refractivity contribution >= 4 is 23.9 Å². The molecule has 0 radical (unpaired) electrons. The van der Waals surface area contributed by atoms with Crippen LogP contribution in [-0.4, -0.2) is 67.5 Å². The van der Waals surface area contributed by atoms with E-state index in [1.165, 1.54) is 18.2 Å². The molecule has 0 aliphatic heterocycles. The lowest BCUT2D eigenvalue weighted by Gasteiger charge is -2.27. The fourth-order valence-electron chi connectivity index (χ4n) is 5.11. The zero-order valence-corrected chi connectivity index (χ0v) is 27.6. The van der Waals surface area contributed by atoms with Crippen LogP contribution in [0.4, 0.5) is 4.79 Å². The number of alkyl carbamates (subject to hydrolysis) is 1. The zero-order valence-electron chi connectivity index (χ0n) is 27.6. The van der Waals surface area contributed by atoms with Gasteiger partial charge >= 0.3 is 18.0 Å². The van der Waals surface area contributed by atoms with Gasteiger partial charge in [-0.25, -0.2) is 9.59 Å². The van der Waals surface area contributed by atoms with E-state index in [9.17, 15) is 19.2 Å². The second kappa shape index (κ2) is 15.9. The molecule has 2 aromatic carbocycles. The van der Waals surface area contributed by atoms with Crippen molar-refractivity contribution in [2.75, 3.05) is 20.3 Å². The summed E-state index contributed by atoms with van der Waals surface area (Å²) in [6, 6.07) is 14.3. The summed E-state index contributed by atoms with van der Waals surface area (Å²) in [5.41, 5.74) is 3.35. The van der Waals surface area contributed by atoms with E-state index in [-0.39, 0.29) is 31.5 Å². The average Bonchev–Trinajstić information content (AvgIpc) is 3.29. The highest BCUT2D eigenvalue weighted by atomic mass is 16.6. The first-order chi connectivity index (χ1) is 21.2. The Bertz CT molecular complexity index is 1280. The number of nitrogens with one attached hydrogen (secondary N) is 2. The third-order valence-electron chi connectivity index (χ3n) is 7.24. The molecule has 1 aliphatic rings. The van der Waals surface area contributed by atoms with Gasteiger partial charge in [-0.1, -0.05) is 61.4 Å². The van der Waals surface area contributed by atoms with Crippen LogP contribution in [0.3, 0.4) is 0 Å². The molecule has 1 aliphatic carbocycles. The van der Waals surface area contributed by atoms with Gasteiger partial charge in [-0.05, 0) is 76.6 Å². The normalized spacial score (nSPS) is 14.0. The van der Waals surface area contributed by atoms with Crippen molar-refractivity contribution in [3.8, 4) is 11.1 Å². The summed E-state index contributed by atoms with van der Waals surface area (Å²) in [5.74, 6) is -1.47. The Balaban J connectivity index is 1.48. The van der Waals surface area contributed by atoms with Crippen molar-refractivity contribution < 1.29 is 38.1 Å². The quantitative estimate of drug-likeness (QED) is 0.157. The van der Waals surface area contributed by atoms with E-state index in [4.69, 9.17) is 18.9 Å². The van der Waals surface area contributed by atoms with Gasteiger partial charge in [-0.3, -0.25) is 9.59 Å². The molecule has 2 atom stereocenters. The van der Waals surface area contributed by atoms with Crippen LogP contribution in [0, 0.1) is 0 Å². The summed E-state index contributed by atoms with van der Waals surface area (Å²) in [7, 11) is 1.25. The van der Waals surface area contributed by atoms with E-state index < -0.39 is 41.3 Å². The molecular weight excluding hydrogens is 576 g/mol. The predicted octanol–water partition coefficient (Wildman–Crippen LogP) is 5.66. The molecule has 0 saturated carbocycles. The van der Waals surface area contributed by atoms with Crippen LogP contribution in [0.15, 0.2) is 48.5 Å². The first kappa shape index (κ1) is 35.6. The summed E-state index contributed by atoms with van der Waals surface area (Å²) >= 11 is 0. The molecule has 2 amide bonds. The maximum absolute atomic E-state index is 13.2. The molecule has 10 nitrogen and oxygen atoms in total. The maximum Gasteiger partial charge on any atom is 0.408 e. The number of ether oxygens (including phenoxy) is 4. The topological polar surface area (TPSA) is 129 Å². The third-order valence-corrected chi connectivity index (χ3v) is 7.24. The maximum atomic E-state index is 13.2. The highest BCUT2D eigenvalue weighted by Crippen LogP contribution is 2.44. The van der Waals surface area contributed by atoms with Crippen LogP contribution in [0.2, 0.25) is 0 Å². The average molecular weight is 625 g/mol. The van der Waals surface area contributed by atoms with Crippen molar-refractivity contribution in [2.24, 2.45) is 0 Å². The van der Waals surface area contributed by atoms with E-state index in [0.29, 0.717) is 25.7 Å². The van der Waals surface area contributed by atoms with Gasteiger partial charge in [0, 0.05) is 12.3 Å². The molecule has 45 heavy (non-hydrogen) atoms. The number of hydrogen-bond acceptors (Lipinski definition) is 8. The van der Waals surface area contributed by atoms with Crippen molar-refractivity contribution in [3.05, 3.63) is 59.7 Å². The van der Waals surface area contributed by atoms with Gasteiger partial charge in [0.05, 0.1) is 19.3 Å². The summed E-state index contributed by atoms with van der Waals surface area (Å²) in [5, 5.41) is 5.22. The van der Waals surface area contributed by atoms with Crippen LogP contribution in [-0.2, 0) is 33.3 Å². The zero-order chi connectivity index (χ0) is 33.2. The molecule has 0 aromatic heterocycles. The molecule has 3 rings (SSSR count). The predicted molar refractivity (Wildman–Crippen MR) is 171 cm³/mol. The first-order valence-corrected chi connectivity index (χ1v) is 15.5. The van der Waals surface area contributed by atoms with Crippen LogP contribution in [0.1, 0.15) is 90.7 Å². The van der Waals surface area contributed by atoms with Crippen molar-refractivity contribution in [3.63, 3.8) is 0 Å². The fraction of sp³-hybridized carbons (Fsp3) is 0.543. The molecule has 246 valence electrons. The Morgan fingerprint density at radius 2 is 1.38 bits per heavy atom. The summed E-state index contributed by atoms with van der Waals surface area (Å²) in [6.45, 7) is 10.8. The van der Waals surface area contributed by atoms with Gasteiger partial charge in [0.25, 0.3) is 0 Å². The second-order valence-corrected chi connectivity index (χ2v) is 13.2. The van der Waals surface area contributed by atoms with Gasteiger partial charge in [-0.2, -0.15) is 0 Å². The van der Waals surface area contributed by atoms with Gasteiger partial charge in [0.1, 0.15) is 24.3 Å². The number of esters is 2. The molecule has 0 fully saturated rings. The summed E-state index contributed by atoms with van der Waals surface area (Å²) in [4.78, 5) is 50.7. The standard InChI is InChI=1S/C35H48N2O8/c1-34(2,3)44-22-29(37-33(41)45-35(4,5)6)31(39)36-28(32(40)42-7)19-9-8-10-20-30(38)43-21-27-25-17-13-11-15-23(25)24-16-12-14-18-26(24)27/h11-18,27-29H,8-10,19-22H2,1-7H3,(H,36,39)(H,37,41)/t28-,29-/m0/s1. The highest BCUT2D eigenvalue weighted by molar-refractivity contribution is 5.89. The molecule has 0 heterocycles. The van der Waals surface area contributed by atoms with Crippen molar-refractivity contribution in [1.82, 2.24) is 10.6 Å². The Morgan fingerprint density at radius 1 is 0.778 bits per heavy atom. The fourth-order valence-corrected chi connectivity index (χ4v) is 5.11. The number of carbonyl (C=O) groups is 4. The molecule has 2 aromatic rings. The van der Waals surface area contributed by atoms with Gasteiger partial charge in [0.15, 0.2) is 0 Å². The summed E-state index contributed by atoms with van der Waals surface area (Å²) in [6.07, 6.45) is 1.53. The minimum atomic E-state index is -1.10. The monoisotopic (exact) mass is 624 g/mol. The number of fused-ring (bicyclic) bond motifs is 3. The number of amides is 2. The number of unbranched alkanes of at least 4 members (excludes halogenated alkanes) is 2. The van der Waals surface area contributed by atoms with Crippen LogP contribution in [0.25, 0.3) is 11.1 Å². The van der Waals surface area contributed by atoms with E-state index in [0.717, 1.165) is 11.1 Å². The number of rotatable bonds is 14. The highest BCUT2D eigenvalue weighted by Gasteiger charge is 2.31. The van der Waals surface area contributed by atoms with Crippen LogP contribution >= 0.6 is 0 Å². The van der Waals surface area contributed by atoms with E-state index in [1.54, 1.807) is 20.8 Å². The number of methoxy groups -OCH3 is 1. The van der Waals surface area contributed by atoms with Gasteiger partial charge < -0.3 is 29.6 Å². The Morgan fingerprint density at radius 3 is 1.93 bits per heavy atom. The smallest absolute Gasteiger partial charge is 0.408 e. The molecule has 0 spiro atoms. The molecule has 0 unspecified atom stereocenters. The molecule has 2 N–H and O–H groups in total. The van der Waals surface area contributed by atoms with Crippen molar-refractivity contribution in [1.29, 1.82) is 0 Å². The van der Waals surface area contributed by atoms with Gasteiger partial charge in [-0.15, -0.1) is 0 Å². The number of hydrogen-bond donors (Lipinski definition) is 2. The molecule has 0 bridgehead atoms. The minimum Gasteiger partial charge on any atom is -0.467 e. The Kier molecular flexibility index (Phi) is 12.6. The van der Waals surface area contributed by atoms with E-state index in [2.05, 4.69) is 34.9 Å². The van der Waals surface area contributed by atoms with E-state index >= 15 is 0 Å². The first-order valence-electron chi connectivity index (χ1n) is 15.5. The molecule has 0 saturated heterocycles. The minimum absolute atomic E-state index is 0.00760. The second-order valence-electron chi connectivity index (χ2n) is 13.2. The van der Waals surface area contributed by atoms with E-state index in [1.807, 2.05) is 45.0 Å². The van der Waals surface area contributed by atoms with Crippen LogP contribution in [0.5, 0.6) is 0 Å². The molecule has 10 heteroatoms. The Labute approximate surface area is 266 Å². The lowest BCUT2D eigenvalue weighted by atomic mass is 9.98. The van der Waals surface area contributed by atoms with Crippen LogP contribution < -0.4 is 10.6 Å². The lowest BCUT2D eigenvalue weighted by Crippen LogP contribution is -2.54. The lowest BCUT2D eigenvalue weighted by molar-refractivity contribution is -0.146. The number of carbonyl (C=O) groups excluding carboxylic acids is 4. The Hall–Kier alpha value is -3.92. The molecular formula is C35H48N2O8. The number of benzene rings is 2. The largest absolute Gasteiger partial charge is 0.467 e. The third kappa shape index (κ3) is 11.2. The van der Waals surface area contributed by atoms with Gasteiger partial charge in [0.2, 0.25) is 5.91 Å². The SMILES string of the molecule is COC(=O)[C@H](CCCCCC(=O)OCC1c2ccccc2-c2ccccc21)NC(=O)[C@H](COC(C)(C)C)NC(=O)OC(C)(C)C.